The first kappa shape index (κ1) is 26.7. The molecular formula is C33H22ClN3O6. The lowest BCUT2D eigenvalue weighted by atomic mass is 9.55. The van der Waals surface area contributed by atoms with Gasteiger partial charge in [-0.05, 0) is 58.7 Å². The Bertz CT molecular complexity index is 1740. The van der Waals surface area contributed by atoms with Gasteiger partial charge in [-0.25, -0.2) is 5.01 Å². The van der Waals surface area contributed by atoms with Gasteiger partial charge < -0.3 is 0 Å². The van der Waals surface area contributed by atoms with E-state index < -0.39 is 46.8 Å². The molecule has 1 aliphatic heterocycles. The second-order valence-corrected chi connectivity index (χ2v) is 11.3. The van der Waals surface area contributed by atoms with Crippen molar-refractivity contribution in [1.82, 2.24) is 10.0 Å². The first-order chi connectivity index (χ1) is 20.8. The highest BCUT2D eigenvalue weighted by atomic mass is 35.5. The maximum atomic E-state index is 14.3. The van der Waals surface area contributed by atoms with Crippen LogP contribution in [0.15, 0.2) is 97.1 Å². The van der Waals surface area contributed by atoms with Crippen LogP contribution in [0.5, 0.6) is 0 Å². The van der Waals surface area contributed by atoms with Gasteiger partial charge >= 0.3 is 0 Å². The largest absolute Gasteiger partial charge is 0.292 e. The number of amides is 3. The molecular weight excluding hydrogens is 570 g/mol. The van der Waals surface area contributed by atoms with Crippen molar-refractivity contribution in [3.8, 4) is 0 Å². The van der Waals surface area contributed by atoms with Crippen LogP contribution < -0.4 is 0 Å². The molecule has 3 amide bonds. The van der Waals surface area contributed by atoms with Crippen LogP contribution in [0.2, 0.25) is 5.02 Å². The number of halogens is 1. The number of imide groups is 1. The average molecular weight is 592 g/mol. The topological polar surface area (TPSA) is 118 Å². The van der Waals surface area contributed by atoms with Crippen molar-refractivity contribution in [3.63, 3.8) is 0 Å². The number of benzene rings is 4. The molecule has 0 radical (unpaired) electrons. The predicted molar refractivity (Wildman–Crippen MR) is 155 cm³/mol. The summed E-state index contributed by atoms with van der Waals surface area (Å²) in [5.41, 5.74) is 3.94. The average Bonchev–Trinajstić information content (AvgIpc) is 3.29. The number of nitrogens with zero attached hydrogens (tertiary/aromatic N) is 3. The van der Waals surface area contributed by atoms with E-state index in [2.05, 4.69) is 0 Å². The van der Waals surface area contributed by atoms with Gasteiger partial charge in [0.25, 0.3) is 23.4 Å². The summed E-state index contributed by atoms with van der Waals surface area (Å²) in [5.74, 6) is -4.70. The number of rotatable bonds is 6. The lowest BCUT2D eigenvalue weighted by molar-refractivity contribution is -0.384. The van der Waals surface area contributed by atoms with Crippen LogP contribution in [0.3, 0.4) is 0 Å². The highest BCUT2D eigenvalue weighted by molar-refractivity contribution is 6.30. The molecule has 43 heavy (non-hydrogen) atoms. The van der Waals surface area contributed by atoms with E-state index in [1.54, 1.807) is 0 Å². The van der Waals surface area contributed by atoms with Crippen LogP contribution in [0.4, 0.5) is 5.69 Å². The zero-order valence-corrected chi connectivity index (χ0v) is 23.2. The molecule has 4 aromatic rings. The van der Waals surface area contributed by atoms with Gasteiger partial charge in [0.15, 0.2) is 5.78 Å². The maximum absolute atomic E-state index is 14.3. The Morgan fingerprint density at radius 3 is 1.60 bits per heavy atom. The molecule has 4 aliphatic rings. The number of hydrogen-bond donors (Lipinski definition) is 0. The number of ketones is 1. The highest BCUT2D eigenvalue weighted by Gasteiger charge is 2.63. The summed E-state index contributed by atoms with van der Waals surface area (Å²) in [5, 5.41) is 13.2. The quantitative estimate of drug-likeness (QED) is 0.129. The molecule has 0 saturated carbocycles. The second kappa shape index (κ2) is 9.99. The number of nitro groups is 1. The summed E-state index contributed by atoms with van der Waals surface area (Å²) < 4.78 is 0. The predicted octanol–water partition coefficient (Wildman–Crippen LogP) is 5.38. The third kappa shape index (κ3) is 4.07. The van der Waals surface area contributed by atoms with E-state index in [0.29, 0.717) is 5.02 Å². The van der Waals surface area contributed by atoms with E-state index in [-0.39, 0.29) is 28.7 Å². The summed E-state index contributed by atoms with van der Waals surface area (Å²) >= 11 is 6.03. The molecule has 2 bridgehead atoms. The minimum Gasteiger partial charge on any atom is -0.292 e. The molecule has 8 rings (SSSR count). The van der Waals surface area contributed by atoms with E-state index in [4.69, 9.17) is 11.6 Å². The maximum Gasteiger partial charge on any atom is 0.273 e. The second-order valence-electron chi connectivity index (χ2n) is 10.8. The Morgan fingerprint density at radius 2 is 1.16 bits per heavy atom. The normalized spacial score (nSPS) is 21.2. The molecule has 0 aromatic heterocycles. The van der Waals surface area contributed by atoms with Gasteiger partial charge in [-0.2, -0.15) is 5.01 Å². The van der Waals surface area contributed by atoms with Gasteiger partial charge in [0.2, 0.25) is 0 Å². The smallest absolute Gasteiger partial charge is 0.273 e. The summed E-state index contributed by atoms with van der Waals surface area (Å²) in [6.45, 7) is -0.634. The first-order valence-corrected chi connectivity index (χ1v) is 14.0. The molecule has 10 heteroatoms. The first-order valence-electron chi connectivity index (χ1n) is 13.7. The van der Waals surface area contributed by atoms with Crippen LogP contribution in [-0.2, 0) is 9.59 Å². The minimum atomic E-state index is -0.753. The fourth-order valence-electron chi connectivity index (χ4n) is 6.87. The standard InChI is InChI=1S/C33H22ClN3O6/c34-20-13-9-19(10-14-20)31(39)35(17-26(38)18-11-15-21(16-12-18)37(42)43)36-32(40)29-27-22-5-1-2-6-23(22)28(30(29)33(36)41)25-8-4-3-7-24(25)27/h1-16,27-30H,17H2/t27?,28?,29-,30-/m1/s1. The molecule has 1 fully saturated rings. The Labute approximate surface area is 250 Å². The summed E-state index contributed by atoms with van der Waals surface area (Å²) in [6, 6.07) is 26.4. The number of carbonyl (C=O) groups excluding carboxylic acids is 4. The van der Waals surface area contributed by atoms with E-state index >= 15 is 0 Å². The summed E-state index contributed by atoms with van der Waals surface area (Å²) in [6.07, 6.45) is 0. The number of nitro benzene ring substituents is 1. The van der Waals surface area contributed by atoms with Gasteiger partial charge in [-0.1, -0.05) is 60.1 Å². The Balaban J connectivity index is 1.31. The van der Waals surface area contributed by atoms with Crippen molar-refractivity contribution >= 4 is 40.8 Å². The Kier molecular flexibility index (Phi) is 6.21. The molecule has 0 N–H and O–H groups in total. The fourth-order valence-corrected chi connectivity index (χ4v) is 7.00. The van der Waals surface area contributed by atoms with Crippen molar-refractivity contribution in [2.45, 2.75) is 11.8 Å². The number of hydrogen-bond acceptors (Lipinski definition) is 6. The molecule has 2 atom stereocenters. The lowest BCUT2D eigenvalue weighted by Crippen LogP contribution is -2.52. The Morgan fingerprint density at radius 1 is 0.721 bits per heavy atom. The van der Waals surface area contributed by atoms with Crippen LogP contribution >= 0.6 is 11.6 Å². The molecule has 1 heterocycles. The molecule has 1 saturated heterocycles. The fraction of sp³-hybridized carbons (Fsp3) is 0.152. The minimum absolute atomic E-state index is 0.0934. The summed E-state index contributed by atoms with van der Waals surface area (Å²) in [4.78, 5) is 66.6. The monoisotopic (exact) mass is 591 g/mol. The van der Waals surface area contributed by atoms with Crippen LogP contribution in [0.1, 0.15) is 54.8 Å². The third-order valence-corrected chi connectivity index (χ3v) is 8.94. The molecule has 0 spiro atoms. The SMILES string of the molecule is O=C(CN(C(=O)c1ccc(Cl)cc1)N1C(=O)[C@@H]2C3c4ccccc4C(c4ccccc43)[C@H]2C1=O)c1ccc([N+](=O)[O-])cc1. The van der Waals surface area contributed by atoms with Gasteiger partial charge in [0.1, 0.15) is 6.54 Å². The number of carbonyl (C=O) groups is 4. The molecule has 0 unspecified atom stereocenters. The van der Waals surface area contributed by atoms with Crippen LogP contribution in [0.25, 0.3) is 0 Å². The zero-order valence-electron chi connectivity index (χ0n) is 22.4. The van der Waals surface area contributed by atoms with Crippen molar-refractivity contribution in [2.75, 3.05) is 6.54 Å². The van der Waals surface area contributed by atoms with Crippen molar-refractivity contribution in [2.24, 2.45) is 11.8 Å². The van der Waals surface area contributed by atoms with Crippen molar-refractivity contribution in [1.29, 1.82) is 0 Å². The summed E-state index contributed by atoms with van der Waals surface area (Å²) in [7, 11) is 0. The molecule has 4 aromatic carbocycles. The third-order valence-electron chi connectivity index (χ3n) is 8.69. The van der Waals surface area contributed by atoms with Crippen LogP contribution in [-0.4, -0.2) is 45.0 Å². The van der Waals surface area contributed by atoms with Gasteiger partial charge in [0.05, 0.1) is 16.8 Å². The van der Waals surface area contributed by atoms with Gasteiger partial charge in [0, 0.05) is 40.1 Å². The van der Waals surface area contributed by atoms with Crippen molar-refractivity contribution in [3.05, 3.63) is 146 Å². The molecule has 3 aliphatic carbocycles. The molecule has 212 valence electrons. The van der Waals surface area contributed by atoms with E-state index in [1.807, 2.05) is 48.5 Å². The lowest BCUT2D eigenvalue weighted by Gasteiger charge is -2.45. The van der Waals surface area contributed by atoms with Gasteiger partial charge in [-0.3, -0.25) is 29.3 Å². The van der Waals surface area contributed by atoms with E-state index in [1.165, 1.54) is 48.5 Å². The number of Topliss-reactive ketones (excluding diaryl/α,β-unsaturated/α-hetero) is 1. The number of hydrazine groups is 1. The number of non-ortho nitro benzene ring substituents is 1. The van der Waals surface area contributed by atoms with Crippen LogP contribution in [0, 0.1) is 22.0 Å². The van der Waals surface area contributed by atoms with E-state index in [9.17, 15) is 29.3 Å². The zero-order chi connectivity index (χ0) is 30.0. The Hall–Kier alpha value is -5.15. The highest BCUT2D eigenvalue weighted by Crippen LogP contribution is 2.61. The molecule has 9 nitrogen and oxygen atoms in total. The van der Waals surface area contributed by atoms with E-state index in [0.717, 1.165) is 32.3 Å². The van der Waals surface area contributed by atoms with Gasteiger partial charge in [-0.15, -0.1) is 0 Å². The van der Waals surface area contributed by atoms with Crippen molar-refractivity contribution < 1.29 is 24.1 Å².